The van der Waals surface area contributed by atoms with E-state index in [1.165, 1.54) is 88.6 Å². The molecular weight excluding hydrogens is 1160 g/mol. The second kappa shape index (κ2) is 27.4. The van der Waals surface area contributed by atoms with E-state index in [0.717, 1.165) is 122 Å². The van der Waals surface area contributed by atoms with Gasteiger partial charge in [0.2, 0.25) is 0 Å². The zero-order chi connectivity index (χ0) is 62.3. The molecule has 0 bridgehead atoms. The zero-order valence-corrected chi connectivity index (χ0v) is 52.3. The summed E-state index contributed by atoms with van der Waals surface area (Å²) in [6.45, 7) is 13.0. The molecule has 0 spiro atoms. The van der Waals surface area contributed by atoms with Gasteiger partial charge in [-0.15, -0.1) is 0 Å². The first-order valence-electron chi connectivity index (χ1n) is 32.2. The molecule has 7 aromatic carbocycles. The summed E-state index contributed by atoms with van der Waals surface area (Å²) in [6, 6.07) is 61.4. The highest BCUT2D eigenvalue weighted by atomic mass is 35.5. The van der Waals surface area contributed by atoms with Gasteiger partial charge >= 0.3 is 0 Å². The van der Waals surface area contributed by atoms with Crippen LogP contribution in [0.1, 0.15) is 38.5 Å². The van der Waals surface area contributed by atoms with Crippen LogP contribution in [0.25, 0.3) is 93.9 Å². The van der Waals surface area contributed by atoms with Gasteiger partial charge in [0.25, 0.3) is 16.7 Å². The molecule has 92 heavy (non-hydrogen) atoms. The third kappa shape index (κ3) is 13.5. The van der Waals surface area contributed by atoms with E-state index >= 15 is 0 Å². The molecule has 3 saturated heterocycles. The molecule has 16 heteroatoms. The highest BCUT2D eigenvalue weighted by molar-refractivity contribution is 6.30. The summed E-state index contributed by atoms with van der Waals surface area (Å²) in [7, 11) is 0. The lowest BCUT2D eigenvalue weighted by atomic mass is 10.0. The van der Waals surface area contributed by atoms with Crippen molar-refractivity contribution in [2.75, 3.05) is 58.9 Å². The Morgan fingerprint density at radius 1 is 0.304 bits per heavy atom. The number of halogens is 1. The molecule has 0 N–H and O–H groups in total. The normalized spacial score (nSPS) is 14.5. The maximum atomic E-state index is 13.0. The van der Waals surface area contributed by atoms with Gasteiger partial charge in [0.05, 0.1) is 54.8 Å². The summed E-state index contributed by atoms with van der Waals surface area (Å²) < 4.78 is 11.3. The van der Waals surface area contributed by atoms with Gasteiger partial charge in [0.1, 0.15) is 0 Å². The molecular formula is C76H73ClN12O3. The fourth-order valence-corrected chi connectivity index (χ4v) is 13.3. The minimum atomic E-state index is -0.0665. The Hall–Kier alpha value is -9.77. The molecule has 16 rings (SSSR count). The number of nitrogens with zero attached hydrogens (tertiary/aromatic N) is 12. The van der Waals surface area contributed by atoms with E-state index in [1.54, 1.807) is 31.9 Å². The van der Waals surface area contributed by atoms with Crippen molar-refractivity contribution in [2.45, 2.75) is 58.2 Å². The molecule has 3 aliphatic rings. The summed E-state index contributed by atoms with van der Waals surface area (Å²) in [6.07, 6.45) is 19.0. The predicted octanol–water partition coefficient (Wildman–Crippen LogP) is 13.7. The van der Waals surface area contributed by atoms with E-state index in [9.17, 15) is 14.4 Å². The highest BCUT2D eigenvalue weighted by Gasteiger charge is 2.17. The largest absolute Gasteiger partial charge is 0.301 e. The Morgan fingerprint density at radius 2 is 0.652 bits per heavy atom. The molecule has 13 aromatic rings. The lowest BCUT2D eigenvalue weighted by Crippen LogP contribution is -2.24. The monoisotopic (exact) mass is 1240 g/mol. The molecule has 0 radical (unpaired) electrons. The van der Waals surface area contributed by atoms with Crippen LogP contribution in [-0.2, 0) is 19.6 Å². The Bertz CT molecular complexity index is 4910. The Morgan fingerprint density at radius 3 is 1.05 bits per heavy atom. The van der Waals surface area contributed by atoms with Crippen LogP contribution in [0.2, 0.25) is 5.02 Å². The number of rotatable bonds is 15. The Kier molecular flexibility index (Phi) is 17.8. The van der Waals surface area contributed by atoms with Gasteiger partial charge in [-0.2, -0.15) is 15.3 Å². The van der Waals surface area contributed by atoms with Crippen LogP contribution >= 0.6 is 11.6 Å². The van der Waals surface area contributed by atoms with Gasteiger partial charge < -0.3 is 14.7 Å². The van der Waals surface area contributed by atoms with Crippen molar-refractivity contribution in [1.82, 2.24) is 57.7 Å². The zero-order valence-electron chi connectivity index (χ0n) is 51.6. The fraction of sp³-hybridized carbons (Fsp3) is 0.237. The molecule has 6 aromatic heterocycles. The van der Waals surface area contributed by atoms with E-state index in [4.69, 9.17) is 11.6 Å². The maximum absolute atomic E-state index is 13.0. The number of fused-ring (bicyclic) bond motifs is 4. The van der Waals surface area contributed by atoms with Crippen LogP contribution in [-0.4, -0.2) is 117 Å². The standard InChI is InChI=1S/C28H26N4O.C24H23ClN4O.C24H24N4O/c33-28-19-24(23-8-7-21-5-1-2-6-22(21)17-23)11-14-31(28)26-9-10-27-25(18-26)20-29-32(27)16-15-30-12-3-4-13-30;25-21-5-3-18(4-6-21)19-9-12-28(24(30)16-19)22-7-8-23-20(15-22)17-26-29(23)14-13-27-10-1-2-11-27;29-24-17-20(19-6-2-1-3-7-19)10-13-27(24)22-8-9-23-21(16-22)18-25-28(23)15-14-26-11-4-5-12-26/h1-2,5-11,14,17-20H,3-4,12-13,15-16H2;3-9,12,15-17H,1-2,10-11,13-14H2;1-3,6-10,13,16-18H,4-5,11-12,14-15H2. The highest BCUT2D eigenvalue weighted by Crippen LogP contribution is 2.27. The van der Waals surface area contributed by atoms with Crippen molar-refractivity contribution >= 4 is 55.1 Å². The molecule has 0 amide bonds. The average Bonchev–Trinajstić information content (AvgIpc) is 1.69. The molecule has 0 unspecified atom stereocenters. The van der Waals surface area contributed by atoms with Gasteiger partial charge in [0.15, 0.2) is 0 Å². The van der Waals surface area contributed by atoms with Gasteiger partial charge in [-0.3, -0.25) is 42.1 Å². The second-order valence-corrected chi connectivity index (χ2v) is 24.7. The van der Waals surface area contributed by atoms with Crippen LogP contribution in [0.4, 0.5) is 0 Å². The lowest BCUT2D eigenvalue weighted by Gasteiger charge is -2.14. The van der Waals surface area contributed by atoms with Crippen LogP contribution in [0.15, 0.2) is 240 Å². The maximum Gasteiger partial charge on any atom is 0.255 e. The number of likely N-dealkylation sites (tertiary alicyclic amines) is 3. The minimum Gasteiger partial charge on any atom is -0.301 e. The van der Waals surface area contributed by atoms with Crippen molar-refractivity contribution in [1.29, 1.82) is 0 Å². The third-order valence-corrected chi connectivity index (χ3v) is 18.6. The van der Waals surface area contributed by atoms with Crippen molar-refractivity contribution in [3.05, 3.63) is 261 Å². The van der Waals surface area contributed by atoms with Crippen LogP contribution < -0.4 is 16.7 Å². The Labute approximate surface area is 538 Å². The third-order valence-electron chi connectivity index (χ3n) is 18.3. The van der Waals surface area contributed by atoms with Crippen LogP contribution in [0.5, 0.6) is 0 Å². The number of hydrogen-bond donors (Lipinski definition) is 0. The molecule has 462 valence electrons. The van der Waals surface area contributed by atoms with E-state index in [1.807, 2.05) is 159 Å². The molecule has 3 aliphatic heterocycles. The lowest BCUT2D eigenvalue weighted by molar-refractivity contribution is 0.318. The predicted molar refractivity (Wildman–Crippen MR) is 372 cm³/mol. The Balaban J connectivity index is 0.000000120. The first-order chi connectivity index (χ1) is 45.2. The van der Waals surface area contributed by atoms with Crippen molar-refractivity contribution in [3.8, 4) is 50.4 Å². The summed E-state index contributed by atoms with van der Waals surface area (Å²) in [5.74, 6) is 0. The minimum absolute atomic E-state index is 0.0351. The topological polar surface area (TPSA) is 129 Å². The quantitative estimate of drug-likeness (QED) is 0.0985. The summed E-state index contributed by atoms with van der Waals surface area (Å²) in [5.41, 5.74) is 11.6. The molecule has 0 aliphatic carbocycles. The van der Waals surface area contributed by atoms with Gasteiger partial charge in [-0.25, -0.2) is 0 Å². The molecule has 0 saturated carbocycles. The molecule has 0 atom stereocenters. The molecule has 3 fully saturated rings. The molecule has 15 nitrogen and oxygen atoms in total. The van der Waals surface area contributed by atoms with E-state index in [0.29, 0.717) is 5.02 Å². The number of pyridine rings is 3. The van der Waals surface area contributed by atoms with Gasteiger partial charge in [-0.05, 0) is 213 Å². The average molecular weight is 1240 g/mol. The number of hydrogen-bond acceptors (Lipinski definition) is 9. The number of aromatic nitrogens is 9. The van der Waals surface area contributed by atoms with E-state index < -0.39 is 0 Å². The van der Waals surface area contributed by atoms with Crippen molar-refractivity contribution in [2.24, 2.45) is 0 Å². The smallest absolute Gasteiger partial charge is 0.255 e. The van der Waals surface area contributed by atoms with Crippen LogP contribution in [0.3, 0.4) is 0 Å². The van der Waals surface area contributed by atoms with Gasteiger partial charge in [0, 0.05) is 94.7 Å². The number of benzene rings is 7. The molecule has 9 heterocycles. The summed E-state index contributed by atoms with van der Waals surface area (Å²) >= 11 is 5.96. The second-order valence-electron chi connectivity index (χ2n) is 24.3. The first kappa shape index (κ1) is 59.8. The van der Waals surface area contributed by atoms with E-state index in [-0.39, 0.29) is 16.7 Å². The van der Waals surface area contributed by atoms with Crippen LogP contribution in [0, 0.1) is 0 Å². The fourth-order valence-electron chi connectivity index (χ4n) is 13.2. The first-order valence-corrected chi connectivity index (χ1v) is 32.6. The SMILES string of the molecule is O=c1cc(-c2ccc(Cl)cc2)ccn1-c1ccc2c(cnn2CCN2CCCC2)c1.O=c1cc(-c2ccc3ccccc3c2)ccn1-c1ccc2c(cnn2CCN2CCCC2)c1.O=c1cc(-c2ccccc2)ccn1-c1ccc2c(cnn2CCN2CCCC2)c1. The van der Waals surface area contributed by atoms with Crippen molar-refractivity contribution in [3.63, 3.8) is 0 Å². The van der Waals surface area contributed by atoms with Crippen molar-refractivity contribution < 1.29 is 0 Å². The van der Waals surface area contributed by atoms with E-state index in [2.05, 4.69) is 92.6 Å². The summed E-state index contributed by atoms with van der Waals surface area (Å²) in [5, 5.41) is 19.9. The van der Waals surface area contributed by atoms with Gasteiger partial charge in [-0.1, -0.05) is 90.5 Å². The summed E-state index contributed by atoms with van der Waals surface area (Å²) in [4.78, 5) is 46.0.